The summed E-state index contributed by atoms with van der Waals surface area (Å²) < 4.78 is 10.8. The third kappa shape index (κ3) is 2.67. The Kier molecular flexibility index (Phi) is 4.25. The predicted octanol–water partition coefficient (Wildman–Crippen LogP) is 3.11. The van der Waals surface area contributed by atoms with Gasteiger partial charge in [-0.1, -0.05) is 22.0 Å². The molecule has 0 aliphatic heterocycles. The Labute approximate surface area is 114 Å². The van der Waals surface area contributed by atoms with Crippen molar-refractivity contribution in [1.29, 1.82) is 0 Å². The molecule has 0 aliphatic rings. The molecule has 1 unspecified atom stereocenters. The van der Waals surface area contributed by atoms with Crippen LogP contribution in [-0.2, 0) is 6.42 Å². The summed E-state index contributed by atoms with van der Waals surface area (Å²) in [5, 5.41) is 0. The lowest BCUT2D eigenvalue weighted by molar-refractivity contribution is 0.385. The van der Waals surface area contributed by atoms with Crippen molar-refractivity contribution < 1.29 is 9.47 Å². The molecule has 0 amide bonds. The number of ether oxygens (including phenoxy) is 2. The topological polar surface area (TPSA) is 47.1 Å². The van der Waals surface area contributed by atoms with Gasteiger partial charge in [0.25, 0.3) is 0 Å². The molecule has 4 nitrogen and oxygen atoms in total. The molecule has 1 atom stereocenters. The first kappa shape index (κ1) is 13.0. The van der Waals surface area contributed by atoms with Crippen molar-refractivity contribution in [3.8, 4) is 11.5 Å². The molecule has 2 aromatic rings. The highest BCUT2D eigenvalue weighted by Gasteiger charge is 2.19. The van der Waals surface area contributed by atoms with E-state index in [2.05, 4.69) is 25.9 Å². The van der Waals surface area contributed by atoms with Gasteiger partial charge in [-0.2, -0.15) is 0 Å². The van der Waals surface area contributed by atoms with Crippen LogP contribution in [0, 0.1) is 0 Å². The van der Waals surface area contributed by atoms with E-state index in [1.54, 1.807) is 20.4 Å². The van der Waals surface area contributed by atoms with E-state index < -0.39 is 0 Å². The number of benzene rings is 1. The van der Waals surface area contributed by atoms with Gasteiger partial charge in [0, 0.05) is 18.8 Å². The van der Waals surface area contributed by atoms with E-state index in [1.807, 2.05) is 24.4 Å². The molecule has 96 valence electrons. The van der Waals surface area contributed by atoms with E-state index in [1.165, 1.54) is 0 Å². The zero-order valence-electron chi connectivity index (χ0n) is 10.3. The maximum absolute atomic E-state index is 5.39. The van der Waals surface area contributed by atoms with Crippen LogP contribution >= 0.6 is 15.9 Å². The molecule has 2 rings (SSSR count). The average molecular weight is 311 g/mol. The Balaban J connectivity index is 2.30. The molecule has 0 saturated carbocycles. The number of imidazole rings is 1. The molecule has 0 radical (unpaired) electrons. The van der Waals surface area contributed by atoms with Gasteiger partial charge in [0.2, 0.25) is 0 Å². The molecular weight excluding hydrogens is 296 g/mol. The predicted molar refractivity (Wildman–Crippen MR) is 73.5 cm³/mol. The van der Waals surface area contributed by atoms with Gasteiger partial charge in [0.1, 0.15) is 17.3 Å². The van der Waals surface area contributed by atoms with Crippen molar-refractivity contribution in [3.05, 3.63) is 42.0 Å². The number of H-pyrrole nitrogens is 1. The van der Waals surface area contributed by atoms with Crippen LogP contribution < -0.4 is 9.47 Å². The summed E-state index contributed by atoms with van der Waals surface area (Å²) >= 11 is 3.67. The zero-order valence-corrected chi connectivity index (χ0v) is 11.9. The first-order valence-electron chi connectivity index (χ1n) is 5.59. The minimum atomic E-state index is 0.0785. The van der Waals surface area contributed by atoms with Crippen LogP contribution in [0.15, 0.2) is 30.6 Å². The largest absolute Gasteiger partial charge is 0.496 e. The van der Waals surface area contributed by atoms with Gasteiger partial charge in [-0.15, -0.1) is 0 Å². The van der Waals surface area contributed by atoms with Gasteiger partial charge in [0.15, 0.2) is 0 Å². The fraction of sp³-hybridized carbons (Fsp3) is 0.308. The van der Waals surface area contributed by atoms with Crippen molar-refractivity contribution in [3.63, 3.8) is 0 Å². The third-order valence-electron chi connectivity index (χ3n) is 2.71. The van der Waals surface area contributed by atoms with Crippen molar-refractivity contribution in [2.75, 3.05) is 14.2 Å². The zero-order chi connectivity index (χ0) is 13.0. The van der Waals surface area contributed by atoms with Crippen LogP contribution in [-0.4, -0.2) is 24.2 Å². The van der Waals surface area contributed by atoms with Gasteiger partial charge in [-0.25, -0.2) is 4.98 Å². The maximum Gasteiger partial charge on any atom is 0.126 e. The standard InChI is InChI=1S/C13H15BrN2O2/c1-17-10-4-3-5-11(18-2)13(10)9(14)8-12-15-6-7-16-12/h3-7,9H,8H2,1-2H3,(H,15,16). The molecule has 1 N–H and O–H groups in total. The van der Waals surface area contributed by atoms with Gasteiger partial charge in [-0.05, 0) is 12.1 Å². The molecule has 0 fully saturated rings. The molecule has 1 aromatic carbocycles. The lowest BCUT2D eigenvalue weighted by Crippen LogP contribution is -2.02. The van der Waals surface area contributed by atoms with Crippen molar-refractivity contribution in [2.45, 2.75) is 11.2 Å². The lowest BCUT2D eigenvalue weighted by Gasteiger charge is -2.16. The number of hydrogen-bond acceptors (Lipinski definition) is 3. The Morgan fingerprint density at radius 2 is 1.94 bits per heavy atom. The number of halogens is 1. The quantitative estimate of drug-likeness (QED) is 0.863. The van der Waals surface area contributed by atoms with Gasteiger partial charge in [0.05, 0.1) is 24.6 Å². The SMILES string of the molecule is COc1cccc(OC)c1C(Br)Cc1ncc[nH]1. The Morgan fingerprint density at radius 1 is 1.28 bits per heavy atom. The van der Waals surface area contributed by atoms with Crippen molar-refractivity contribution in [2.24, 2.45) is 0 Å². The summed E-state index contributed by atoms with van der Waals surface area (Å²) in [5.41, 5.74) is 0.999. The summed E-state index contributed by atoms with van der Waals surface area (Å²) in [4.78, 5) is 7.39. The summed E-state index contributed by atoms with van der Waals surface area (Å²) in [5.74, 6) is 2.54. The van der Waals surface area contributed by atoms with Gasteiger partial charge in [-0.3, -0.25) is 0 Å². The van der Waals surface area contributed by atoms with Gasteiger partial charge >= 0.3 is 0 Å². The van der Waals surface area contributed by atoms with Crippen LogP contribution in [0.3, 0.4) is 0 Å². The van der Waals surface area contributed by atoms with Gasteiger partial charge < -0.3 is 14.5 Å². The van der Waals surface area contributed by atoms with Crippen LogP contribution in [0.4, 0.5) is 0 Å². The highest BCUT2D eigenvalue weighted by molar-refractivity contribution is 9.09. The number of nitrogens with one attached hydrogen (secondary N) is 1. The Hall–Kier alpha value is -1.49. The molecule has 1 heterocycles. The van der Waals surface area contributed by atoms with E-state index in [0.717, 1.165) is 29.3 Å². The van der Waals surface area contributed by atoms with E-state index in [-0.39, 0.29) is 4.83 Å². The smallest absolute Gasteiger partial charge is 0.126 e. The molecule has 18 heavy (non-hydrogen) atoms. The number of rotatable bonds is 5. The first-order chi connectivity index (χ1) is 8.76. The minimum Gasteiger partial charge on any atom is -0.496 e. The second-order valence-electron chi connectivity index (χ2n) is 3.78. The number of aromatic amines is 1. The molecule has 1 aromatic heterocycles. The van der Waals surface area contributed by atoms with E-state index in [9.17, 15) is 0 Å². The number of nitrogens with zero attached hydrogens (tertiary/aromatic N) is 1. The molecule has 0 bridgehead atoms. The van der Waals surface area contributed by atoms with Crippen LogP contribution in [0.5, 0.6) is 11.5 Å². The minimum absolute atomic E-state index is 0.0785. The van der Waals surface area contributed by atoms with E-state index in [0.29, 0.717) is 0 Å². The normalized spacial score (nSPS) is 12.2. The monoisotopic (exact) mass is 310 g/mol. The number of methoxy groups -OCH3 is 2. The van der Waals surface area contributed by atoms with E-state index in [4.69, 9.17) is 9.47 Å². The molecule has 0 aliphatic carbocycles. The summed E-state index contributed by atoms with van der Waals surface area (Å²) in [6.45, 7) is 0. The second kappa shape index (κ2) is 5.91. The van der Waals surface area contributed by atoms with Crippen LogP contribution in [0.1, 0.15) is 16.2 Å². The number of hydrogen-bond donors (Lipinski definition) is 1. The summed E-state index contributed by atoms with van der Waals surface area (Å²) in [6, 6.07) is 5.76. The number of alkyl halides is 1. The van der Waals surface area contributed by atoms with E-state index >= 15 is 0 Å². The average Bonchev–Trinajstić information content (AvgIpc) is 2.90. The third-order valence-corrected chi connectivity index (χ3v) is 3.49. The van der Waals surface area contributed by atoms with Crippen LogP contribution in [0.2, 0.25) is 0 Å². The lowest BCUT2D eigenvalue weighted by atomic mass is 10.1. The Morgan fingerprint density at radius 3 is 2.44 bits per heavy atom. The maximum atomic E-state index is 5.39. The fourth-order valence-corrected chi connectivity index (χ4v) is 2.63. The summed E-state index contributed by atoms with van der Waals surface area (Å²) in [7, 11) is 3.32. The fourth-order valence-electron chi connectivity index (χ4n) is 1.87. The molecular formula is C13H15BrN2O2. The molecule has 0 saturated heterocycles. The van der Waals surface area contributed by atoms with Crippen molar-refractivity contribution in [1.82, 2.24) is 9.97 Å². The molecule has 0 spiro atoms. The Bertz CT molecular complexity index is 477. The second-order valence-corrected chi connectivity index (χ2v) is 4.89. The van der Waals surface area contributed by atoms with Crippen LogP contribution in [0.25, 0.3) is 0 Å². The summed E-state index contributed by atoms with van der Waals surface area (Å²) in [6.07, 6.45) is 4.30. The highest BCUT2D eigenvalue weighted by Crippen LogP contribution is 2.39. The van der Waals surface area contributed by atoms with Crippen molar-refractivity contribution >= 4 is 15.9 Å². The first-order valence-corrected chi connectivity index (χ1v) is 6.51. The molecule has 5 heteroatoms. The highest BCUT2D eigenvalue weighted by atomic mass is 79.9. The number of aromatic nitrogens is 2.